The van der Waals surface area contributed by atoms with Crippen LogP contribution in [-0.4, -0.2) is 45.9 Å². The Morgan fingerprint density at radius 2 is 2.06 bits per heavy atom. The Hall–Kier alpha value is -3.42. The van der Waals surface area contributed by atoms with E-state index in [9.17, 15) is 14.4 Å². The molecule has 2 atom stereocenters. The van der Waals surface area contributed by atoms with E-state index in [-0.39, 0.29) is 24.1 Å². The van der Waals surface area contributed by atoms with Crippen LogP contribution in [-0.2, 0) is 16.1 Å². The van der Waals surface area contributed by atoms with E-state index in [1.165, 1.54) is 0 Å². The van der Waals surface area contributed by atoms with Crippen molar-refractivity contribution in [2.45, 2.75) is 51.4 Å². The van der Waals surface area contributed by atoms with Crippen molar-refractivity contribution >= 4 is 23.4 Å². The Morgan fingerprint density at radius 1 is 1.23 bits per heavy atom. The third-order valence-corrected chi connectivity index (χ3v) is 6.03. The van der Waals surface area contributed by atoms with Gasteiger partial charge < -0.3 is 20.9 Å². The van der Waals surface area contributed by atoms with Gasteiger partial charge in [-0.1, -0.05) is 12.1 Å². The molecule has 162 valence electrons. The van der Waals surface area contributed by atoms with Gasteiger partial charge in [0.15, 0.2) is 0 Å². The first kappa shape index (κ1) is 20.8. The molecule has 0 aliphatic carbocycles. The van der Waals surface area contributed by atoms with Gasteiger partial charge in [0.1, 0.15) is 11.7 Å². The van der Waals surface area contributed by atoms with Crippen LogP contribution in [0.1, 0.15) is 47.8 Å². The molecule has 3 heterocycles. The van der Waals surface area contributed by atoms with Crippen LogP contribution >= 0.6 is 0 Å². The number of benzene rings is 1. The highest BCUT2D eigenvalue weighted by Gasteiger charge is 2.41. The molecular formula is C23H27N5O3. The van der Waals surface area contributed by atoms with Gasteiger partial charge in [-0.3, -0.25) is 19.4 Å². The Balaban J connectivity index is 1.44. The molecule has 4 rings (SSSR count). The number of nitrogens with zero attached hydrogens (tertiary/aromatic N) is 2. The van der Waals surface area contributed by atoms with Crippen LogP contribution in [0.4, 0.5) is 5.69 Å². The molecule has 1 fully saturated rings. The molecule has 1 saturated heterocycles. The van der Waals surface area contributed by atoms with Gasteiger partial charge in [0.25, 0.3) is 5.91 Å². The first-order valence-electron chi connectivity index (χ1n) is 10.6. The summed E-state index contributed by atoms with van der Waals surface area (Å²) in [6, 6.07) is 10.6. The van der Waals surface area contributed by atoms with Crippen molar-refractivity contribution in [2.75, 3.05) is 11.9 Å². The predicted octanol–water partition coefficient (Wildman–Crippen LogP) is 1.96. The SMILES string of the molecule is Cc1ccc2c(c1)N[C@]1(CCC(=O)N([C@@H](C)C(=O)NCc3ccccn3)CC1)NC2=O. The van der Waals surface area contributed by atoms with Gasteiger partial charge in [-0.05, 0) is 50.1 Å². The molecule has 0 unspecified atom stereocenters. The van der Waals surface area contributed by atoms with E-state index in [1.807, 2.05) is 43.3 Å². The number of carbonyl (C=O) groups excluding carboxylic acids is 3. The van der Waals surface area contributed by atoms with Gasteiger partial charge in [0.05, 0.1) is 17.8 Å². The summed E-state index contributed by atoms with van der Waals surface area (Å²) in [5.41, 5.74) is 2.50. The van der Waals surface area contributed by atoms with Crippen LogP contribution in [0.5, 0.6) is 0 Å². The third-order valence-electron chi connectivity index (χ3n) is 6.03. The fourth-order valence-electron chi connectivity index (χ4n) is 4.19. The Kier molecular flexibility index (Phi) is 5.63. The number of rotatable bonds is 4. The summed E-state index contributed by atoms with van der Waals surface area (Å²) in [7, 11) is 0. The summed E-state index contributed by atoms with van der Waals surface area (Å²) < 4.78 is 0. The highest BCUT2D eigenvalue weighted by Crippen LogP contribution is 2.32. The minimum absolute atomic E-state index is 0.0940. The minimum atomic E-state index is -0.702. The molecule has 0 bridgehead atoms. The second-order valence-corrected chi connectivity index (χ2v) is 8.26. The highest BCUT2D eigenvalue weighted by molar-refractivity contribution is 6.02. The first-order chi connectivity index (χ1) is 14.9. The molecule has 8 heteroatoms. The fraction of sp³-hybridized carbons (Fsp3) is 0.391. The van der Waals surface area contributed by atoms with Gasteiger partial charge in [-0.15, -0.1) is 0 Å². The molecule has 1 spiro atoms. The van der Waals surface area contributed by atoms with E-state index in [0.717, 1.165) is 16.9 Å². The number of carbonyl (C=O) groups is 3. The van der Waals surface area contributed by atoms with E-state index in [1.54, 1.807) is 18.0 Å². The van der Waals surface area contributed by atoms with Gasteiger partial charge in [0.2, 0.25) is 11.8 Å². The van der Waals surface area contributed by atoms with Crippen molar-refractivity contribution in [1.82, 2.24) is 20.5 Å². The highest BCUT2D eigenvalue weighted by atomic mass is 16.2. The average molecular weight is 422 g/mol. The first-order valence-corrected chi connectivity index (χ1v) is 10.6. The maximum absolute atomic E-state index is 12.8. The standard InChI is InChI=1S/C23H27N5O3/c1-15-6-7-18-19(13-15)26-23(27-22(18)31)9-8-20(29)28(12-10-23)16(2)21(30)25-14-17-5-3-4-11-24-17/h3-7,11,13,16,26H,8-10,12,14H2,1-2H3,(H,25,30)(H,27,31)/t16-,23+/m0/s1. The molecule has 1 aromatic heterocycles. The lowest BCUT2D eigenvalue weighted by atomic mass is 9.94. The zero-order valence-electron chi connectivity index (χ0n) is 17.8. The Labute approximate surface area is 181 Å². The number of pyridine rings is 1. The summed E-state index contributed by atoms with van der Waals surface area (Å²) in [5, 5.41) is 9.38. The van der Waals surface area contributed by atoms with E-state index in [4.69, 9.17) is 0 Å². The average Bonchev–Trinajstić information content (AvgIpc) is 2.91. The molecule has 8 nitrogen and oxygen atoms in total. The second-order valence-electron chi connectivity index (χ2n) is 8.26. The summed E-state index contributed by atoms with van der Waals surface area (Å²) in [6.07, 6.45) is 2.89. The zero-order valence-corrected chi connectivity index (χ0v) is 17.8. The lowest BCUT2D eigenvalue weighted by Crippen LogP contribution is -2.58. The van der Waals surface area contributed by atoms with Crippen molar-refractivity contribution in [3.63, 3.8) is 0 Å². The lowest BCUT2D eigenvalue weighted by molar-refractivity contribution is -0.139. The van der Waals surface area contributed by atoms with Gasteiger partial charge in [0, 0.05) is 31.3 Å². The molecule has 1 aromatic carbocycles. The molecule has 0 radical (unpaired) electrons. The van der Waals surface area contributed by atoms with Crippen LogP contribution in [0, 0.1) is 6.92 Å². The third kappa shape index (κ3) is 4.38. The number of hydrogen-bond donors (Lipinski definition) is 3. The number of aryl methyl sites for hydroxylation is 1. The number of aromatic nitrogens is 1. The molecule has 3 N–H and O–H groups in total. The van der Waals surface area contributed by atoms with Crippen LogP contribution in [0.3, 0.4) is 0 Å². The summed E-state index contributed by atoms with van der Waals surface area (Å²) in [5.74, 6) is -0.462. The molecular weight excluding hydrogens is 394 g/mol. The van der Waals surface area contributed by atoms with E-state index < -0.39 is 11.7 Å². The second kappa shape index (κ2) is 8.37. The summed E-state index contributed by atoms with van der Waals surface area (Å²) in [4.78, 5) is 44.0. The van der Waals surface area contributed by atoms with Crippen LogP contribution < -0.4 is 16.0 Å². The van der Waals surface area contributed by atoms with E-state index in [2.05, 4.69) is 20.9 Å². The number of likely N-dealkylation sites (tertiary alicyclic amines) is 1. The molecule has 2 aromatic rings. The molecule has 2 aliphatic rings. The van der Waals surface area contributed by atoms with Crippen LogP contribution in [0.25, 0.3) is 0 Å². The predicted molar refractivity (Wildman–Crippen MR) is 116 cm³/mol. The van der Waals surface area contributed by atoms with Gasteiger partial charge in [-0.25, -0.2) is 0 Å². The van der Waals surface area contributed by atoms with E-state index in [0.29, 0.717) is 31.5 Å². The number of anilines is 1. The quantitative estimate of drug-likeness (QED) is 0.700. The van der Waals surface area contributed by atoms with Crippen molar-refractivity contribution in [2.24, 2.45) is 0 Å². The minimum Gasteiger partial charge on any atom is -0.362 e. The molecule has 31 heavy (non-hydrogen) atoms. The van der Waals surface area contributed by atoms with Gasteiger partial charge >= 0.3 is 0 Å². The van der Waals surface area contributed by atoms with Crippen molar-refractivity contribution in [3.05, 3.63) is 59.4 Å². The van der Waals surface area contributed by atoms with Crippen molar-refractivity contribution < 1.29 is 14.4 Å². The monoisotopic (exact) mass is 421 g/mol. The number of fused-ring (bicyclic) bond motifs is 1. The number of hydrogen-bond acceptors (Lipinski definition) is 5. The normalized spacial score (nSPS) is 21.5. The van der Waals surface area contributed by atoms with Crippen molar-refractivity contribution in [3.8, 4) is 0 Å². The molecule has 3 amide bonds. The zero-order chi connectivity index (χ0) is 22.0. The molecule has 0 saturated carbocycles. The Bertz CT molecular complexity index is 1010. The number of amides is 3. The molecule has 2 aliphatic heterocycles. The number of nitrogens with one attached hydrogen (secondary N) is 3. The van der Waals surface area contributed by atoms with Crippen molar-refractivity contribution in [1.29, 1.82) is 0 Å². The van der Waals surface area contributed by atoms with Gasteiger partial charge in [-0.2, -0.15) is 0 Å². The summed E-state index contributed by atoms with van der Waals surface area (Å²) >= 11 is 0. The van der Waals surface area contributed by atoms with Crippen LogP contribution in [0.2, 0.25) is 0 Å². The van der Waals surface area contributed by atoms with E-state index >= 15 is 0 Å². The fourth-order valence-corrected chi connectivity index (χ4v) is 4.19. The largest absolute Gasteiger partial charge is 0.362 e. The Morgan fingerprint density at radius 3 is 2.84 bits per heavy atom. The lowest BCUT2D eigenvalue weighted by Gasteiger charge is -2.40. The maximum atomic E-state index is 12.8. The smallest absolute Gasteiger partial charge is 0.255 e. The van der Waals surface area contributed by atoms with Crippen LogP contribution in [0.15, 0.2) is 42.6 Å². The topological polar surface area (TPSA) is 103 Å². The summed E-state index contributed by atoms with van der Waals surface area (Å²) in [6.45, 7) is 4.38. The maximum Gasteiger partial charge on any atom is 0.255 e.